The van der Waals surface area contributed by atoms with Crippen molar-refractivity contribution in [3.63, 3.8) is 0 Å². The van der Waals surface area contributed by atoms with Crippen molar-refractivity contribution in [3.8, 4) is 0 Å². The summed E-state index contributed by atoms with van der Waals surface area (Å²) in [6.45, 7) is 10.8. The second-order valence-corrected chi connectivity index (χ2v) is 6.95. The van der Waals surface area contributed by atoms with Gasteiger partial charge in [-0.15, -0.1) is 0 Å². The van der Waals surface area contributed by atoms with Gasteiger partial charge in [0.25, 0.3) is 0 Å². The third-order valence-corrected chi connectivity index (χ3v) is 4.38. The van der Waals surface area contributed by atoms with E-state index in [1.807, 2.05) is 42.8 Å². The van der Waals surface area contributed by atoms with Crippen molar-refractivity contribution in [2.24, 2.45) is 4.99 Å². The summed E-state index contributed by atoms with van der Waals surface area (Å²) in [6.07, 6.45) is 1.85. The summed E-state index contributed by atoms with van der Waals surface area (Å²) in [6, 6.07) is 6.69. The van der Waals surface area contributed by atoms with Crippen molar-refractivity contribution in [3.05, 3.63) is 28.8 Å². The van der Waals surface area contributed by atoms with E-state index in [1.165, 1.54) is 0 Å². The van der Waals surface area contributed by atoms with Crippen LogP contribution in [0.5, 0.6) is 0 Å². The molecule has 112 valence electrons. The Morgan fingerprint density at radius 3 is 2.30 bits per heavy atom. The van der Waals surface area contributed by atoms with Crippen LogP contribution < -0.4 is 0 Å². The number of halogens is 1. The topological polar surface area (TPSA) is 18.8 Å². The molecule has 0 aliphatic heterocycles. The first-order valence-electron chi connectivity index (χ1n) is 6.81. The molecule has 0 unspecified atom stereocenters. The SMILES string of the molecule is Cc1cc(Cl)ccc1N=CN(C)SN(C(C)C)C(C)C. The molecule has 0 radical (unpaired) electrons. The third-order valence-electron chi connectivity index (χ3n) is 2.76. The van der Waals surface area contributed by atoms with Gasteiger partial charge in [-0.3, -0.25) is 4.31 Å². The van der Waals surface area contributed by atoms with Crippen LogP contribution >= 0.6 is 23.7 Å². The highest BCUT2D eigenvalue weighted by Crippen LogP contribution is 2.23. The van der Waals surface area contributed by atoms with Crippen molar-refractivity contribution in [2.45, 2.75) is 46.7 Å². The molecule has 0 spiro atoms. The van der Waals surface area contributed by atoms with Gasteiger partial charge in [0.1, 0.15) is 6.34 Å². The van der Waals surface area contributed by atoms with E-state index in [-0.39, 0.29) is 0 Å². The van der Waals surface area contributed by atoms with Gasteiger partial charge in [0, 0.05) is 36.3 Å². The Hall–Kier alpha value is -0.710. The molecule has 0 saturated heterocycles. The zero-order valence-electron chi connectivity index (χ0n) is 13.1. The molecule has 5 heteroatoms. The summed E-state index contributed by atoms with van der Waals surface area (Å²) in [5.41, 5.74) is 2.03. The Morgan fingerprint density at radius 1 is 1.20 bits per heavy atom. The number of rotatable bonds is 6. The molecule has 1 rings (SSSR count). The van der Waals surface area contributed by atoms with Crippen LogP contribution in [-0.4, -0.2) is 34.1 Å². The van der Waals surface area contributed by atoms with Crippen molar-refractivity contribution in [1.29, 1.82) is 0 Å². The van der Waals surface area contributed by atoms with Crippen molar-refractivity contribution in [1.82, 2.24) is 8.61 Å². The van der Waals surface area contributed by atoms with Gasteiger partial charge in [-0.25, -0.2) is 9.30 Å². The summed E-state index contributed by atoms with van der Waals surface area (Å²) in [5, 5.41) is 0.745. The second kappa shape index (κ2) is 7.91. The maximum Gasteiger partial charge on any atom is 0.102 e. The summed E-state index contributed by atoms with van der Waals surface area (Å²) >= 11 is 7.63. The van der Waals surface area contributed by atoms with E-state index in [0.29, 0.717) is 12.1 Å². The summed E-state index contributed by atoms with van der Waals surface area (Å²) in [5.74, 6) is 0. The van der Waals surface area contributed by atoms with E-state index in [1.54, 1.807) is 12.1 Å². The van der Waals surface area contributed by atoms with Gasteiger partial charge in [-0.1, -0.05) is 11.6 Å². The molecule has 0 saturated carbocycles. The molecular formula is C15H24ClN3S. The molecule has 0 aromatic heterocycles. The first kappa shape index (κ1) is 17.3. The number of benzene rings is 1. The maximum absolute atomic E-state index is 5.95. The molecule has 20 heavy (non-hydrogen) atoms. The Morgan fingerprint density at radius 2 is 1.80 bits per heavy atom. The van der Waals surface area contributed by atoms with E-state index in [4.69, 9.17) is 11.6 Å². The number of hydrogen-bond acceptors (Lipinski definition) is 3. The lowest BCUT2D eigenvalue weighted by Crippen LogP contribution is -2.33. The highest BCUT2D eigenvalue weighted by Gasteiger charge is 2.15. The van der Waals surface area contributed by atoms with Crippen LogP contribution in [0, 0.1) is 6.92 Å². The van der Waals surface area contributed by atoms with E-state index in [0.717, 1.165) is 16.3 Å². The van der Waals surface area contributed by atoms with Gasteiger partial charge in [-0.2, -0.15) is 0 Å². The van der Waals surface area contributed by atoms with Gasteiger partial charge in [0.15, 0.2) is 0 Å². The summed E-state index contributed by atoms with van der Waals surface area (Å²) < 4.78 is 4.36. The molecule has 0 N–H and O–H groups in total. The predicted molar refractivity (Wildman–Crippen MR) is 91.8 cm³/mol. The first-order valence-corrected chi connectivity index (χ1v) is 7.91. The molecule has 0 bridgehead atoms. The zero-order valence-corrected chi connectivity index (χ0v) is 14.7. The third kappa shape index (κ3) is 5.35. The molecule has 3 nitrogen and oxygen atoms in total. The van der Waals surface area contributed by atoms with Crippen molar-refractivity contribution < 1.29 is 0 Å². The highest BCUT2D eigenvalue weighted by atomic mass is 35.5. The second-order valence-electron chi connectivity index (χ2n) is 5.35. The Balaban J connectivity index is 2.69. The van der Waals surface area contributed by atoms with Crippen LogP contribution in [-0.2, 0) is 0 Å². The number of nitrogens with zero attached hydrogens (tertiary/aromatic N) is 3. The molecule has 0 fully saturated rings. The monoisotopic (exact) mass is 313 g/mol. The highest BCUT2D eigenvalue weighted by molar-refractivity contribution is 7.95. The minimum atomic E-state index is 0.480. The normalized spacial score (nSPS) is 12.1. The lowest BCUT2D eigenvalue weighted by atomic mass is 10.2. The fourth-order valence-corrected chi connectivity index (χ4v) is 2.85. The van der Waals surface area contributed by atoms with Crippen LogP contribution in [0.2, 0.25) is 5.02 Å². The fourth-order valence-electron chi connectivity index (χ4n) is 1.86. The summed E-state index contributed by atoms with van der Waals surface area (Å²) in [4.78, 5) is 4.51. The average molecular weight is 314 g/mol. The maximum atomic E-state index is 5.95. The number of aliphatic imine (C=N–C) groups is 1. The first-order chi connectivity index (χ1) is 9.31. The quantitative estimate of drug-likeness (QED) is 0.422. The minimum Gasteiger partial charge on any atom is -0.297 e. The van der Waals surface area contributed by atoms with E-state index >= 15 is 0 Å². The Bertz CT molecular complexity index is 452. The molecule has 0 atom stereocenters. The Kier molecular flexibility index (Phi) is 6.86. The molecular weight excluding hydrogens is 290 g/mol. The van der Waals surface area contributed by atoms with Gasteiger partial charge in [0.05, 0.1) is 5.69 Å². The smallest absolute Gasteiger partial charge is 0.102 e. The predicted octanol–water partition coefficient (Wildman–Crippen LogP) is 4.92. The molecule has 1 aromatic carbocycles. The van der Waals surface area contributed by atoms with E-state index in [2.05, 4.69) is 37.0 Å². The average Bonchev–Trinajstić information content (AvgIpc) is 2.34. The number of aryl methyl sites for hydroxylation is 1. The lowest BCUT2D eigenvalue weighted by molar-refractivity contribution is 0.329. The van der Waals surface area contributed by atoms with Crippen LogP contribution in [0.25, 0.3) is 0 Å². The molecule has 0 aliphatic rings. The van der Waals surface area contributed by atoms with E-state index in [9.17, 15) is 0 Å². The van der Waals surface area contributed by atoms with Crippen LogP contribution in [0.4, 0.5) is 5.69 Å². The summed E-state index contributed by atoms with van der Waals surface area (Å²) in [7, 11) is 2.01. The van der Waals surface area contributed by atoms with Crippen LogP contribution in [0.1, 0.15) is 33.3 Å². The molecule has 0 heterocycles. The minimum absolute atomic E-state index is 0.480. The van der Waals surface area contributed by atoms with Crippen molar-refractivity contribution >= 4 is 35.8 Å². The fraction of sp³-hybridized carbons (Fsp3) is 0.533. The van der Waals surface area contributed by atoms with Crippen LogP contribution in [0.15, 0.2) is 23.2 Å². The van der Waals surface area contributed by atoms with Gasteiger partial charge in [-0.05, 0) is 58.4 Å². The molecule has 1 aromatic rings. The van der Waals surface area contributed by atoms with E-state index < -0.39 is 0 Å². The molecule has 0 aliphatic carbocycles. The largest absolute Gasteiger partial charge is 0.297 e. The lowest BCUT2D eigenvalue weighted by Gasteiger charge is -2.31. The van der Waals surface area contributed by atoms with Crippen LogP contribution in [0.3, 0.4) is 0 Å². The standard InChI is InChI=1S/C15H24ClN3S/c1-11(2)19(12(3)4)20-18(6)10-17-15-8-7-14(16)9-13(15)5/h7-12H,1-6H3. The molecule has 0 amide bonds. The van der Waals surface area contributed by atoms with Crippen molar-refractivity contribution in [2.75, 3.05) is 7.05 Å². The van der Waals surface area contributed by atoms with Gasteiger partial charge < -0.3 is 0 Å². The number of hydrogen-bond donors (Lipinski definition) is 0. The van der Waals surface area contributed by atoms with Gasteiger partial charge in [0.2, 0.25) is 0 Å². The zero-order chi connectivity index (χ0) is 15.3. The Labute approximate surface area is 132 Å². The van der Waals surface area contributed by atoms with Gasteiger partial charge >= 0.3 is 0 Å².